The Hall–Kier alpha value is -3.57. The minimum absolute atomic E-state index is 0.0735. The number of hydrogen-bond acceptors (Lipinski definition) is 9. The highest BCUT2D eigenvalue weighted by Crippen LogP contribution is 2.33. The maximum atomic E-state index is 13.9. The molecule has 2 aromatic heterocycles. The average molecular weight is 639 g/mol. The van der Waals surface area contributed by atoms with Crippen LogP contribution in [0, 0.1) is 12.8 Å². The van der Waals surface area contributed by atoms with Gasteiger partial charge in [0.2, 0.25) is 11.8 Å². The van der Waals surface area contributed by atoms with E-state index in [2.05, 4.69) is 15.5 Å². The Labute approximate surface area is 269 Å². The van der Waals surface area contributed by atoms with Crippen molar-refractivity contribution in [3.63, 3.8) is 0 Å². The third kappa shape index (κ3) is 9.23. The average Bonchev–Trinajstić information content (AvgIpc) is 3.76. The van der Waals surface area contributed by atoms with E-state index in [9.17, 15) is 19.5 Å². The number of aryl methyl sites for hydroxylation is 1. The van der Waals surface area contributed by atoms with Crippen LogP contribution in [0.15, 0.2) is 40.4 Å². The highest BCUT2D eigenvalue weighted by Gasteiger charge is 2.43. The molecule has 11 heteroatoms. The fourth-order valence-corrected chi connectivity index (χ4v) is 6.63. The van der Waals surface area contributed by atoms with Crippen molar-refractivity contribution in [3.8, 4) is 16.3 Å². The van der Waals surface area contributed by atoms with E-state index in [0.717, 1.165) is 66.5 Å². The van der Waals surface area contributed by atoms with Crippen LogP contribution in [-0.2, 0) is 14.4 Å². The Kier molecular flexibility index (Phi) is 12.7. The number of β-amino-alcohol motifs (C(OH)–C–C–N with tert-alkyl or cyclic N) is 1. The second-order valence-corrected chi connectivity index (χ2v) is 13.1. The van der Waals surface area contributed by atoms with E-state index in [1.165, 1.54) is 4.90 Å². The van der Waals surface area contributed by atoms with Gasteiger partial charge in [0.05, 0.1) is 34.8 Å². The minimum Gasteiger partial charge on any atom is -0.476 e. The second kappa shape index (κ2) is 16.7. The van der Waals surface area contributed by atoms with Crippen molar-refractivity contribution in [3.05, 3.63) is 52.9 Å². The summed E-state index contributed by atoms with van der Waals surface area (Å²) in [5, 5.41) is 17.6. The van der Waals surface area contributed by atoms with Crippen molar-refractivity contribution in [2.45, 2.75) is 103 Å². The summed E-state index contributed by atoms with van der Waals surface area (Å²) in [5.74, 6) is -0.694. The van der Waals surface area contributed by atoms with Gasteiger partial charge >= 0.3 is 0 Å². The van der Waals surface area contributed by atoms with Gasteiger partial charge in [-0.3, -0.25) is 9.59 Å². The number of unbranched alkanes of at least 4 members (excludes halogenated alkanes) is 6. The number of aliphatic hydroxyl groups excluding tert-OH is 1. The molecule has 0 aliphatic carbocycles. The summed E-state index contributed by atoms with van der Waals surface area (Å²) in [7, 11) is 0. The molecule has 4 rings (SSSR count). The summed E-state index contributed by atoms with van der Waals surface area (Å²) in [4.78, 5) is 44.7. The van der Waals surface area contributed by atoms with Crippen LogP contribution in [0.3, 0.4) is 0 Å². The van der Waals surface area contributed by atoms with Crippen LogP contribution in [0.5, 0.6) is 5.88 Å². The highest BCUT2D eigenvalue weighted by molar-refractivity contribution is 7.13. The highest BCUT2D eigenvalue weighted by atomic mass is 32.1. The Bertz CT molecular complexity index is 1390. The maximum Gasteiger partial charge on any atom is 0.254 e. The van der Waals surface area contributed by atoms with Crippen LogP contribution in [0.2, 0.25) is 0 Å². The fourth-order valence-electron chi connectivity index (χ4n) is 5.82. The second-order valence-electron chi connectivity index (χ2n) is 12.2. The van der Waals surface area contributed by atoms with Crippen LogP contribution < -0.4 is 10.1 Å². The van der Waals surface area contributed by atoms with Crippen molar-refractivity contribution in [1.82, 2.24) is 20.4 Å². The molecule has 45 heavy (non-hydrogen) atoms. The number of nitrogens with one attached hydrogen (secondary N) is 1. The largest absolute Gasteiger partial charge is 0.476 e. The molecule has 3 heterocycles. The molecule has 3 aromatic rings. The SMILES string of the molecule is Cc1ncsc1-c1ccc([C@H](C)NC(=O)[C@@H]2C[C@@H](O)CN2C(=O)C(c2cc(OCCCCCCCCC=O)no2)C(C)C)cc1. The topological polar surface area (TPSA) is 135 Å². The molecule has 1 unspecified atom stereocenters. The van der Waals surface area contributed by atoms with Gasteiger partial charge in [-0.2, -0.15) is 0 Å². The molecule has 1 aliphatic rings. The van der Waals surface area contributed by atoms with E-state index in [0.29, 0.717) is 24.7 Å². The Morgan fingerprint density at radius 1 is 1.13 bits per heavy atom. The van der Waals surface area contributed by atoms with Gasteiger partial charge in [0.1, 0.15) is 18.2 Å². The molecular formula is C34H46N4O6S. The number of aldehydes is 1. The van der Waals surface area contributed by atoms with Crippen molar-refractivity contribution in [1.29, 1.82) is 0 Å². The zero-order valence-electron chi connectivity index (χ0n) is 26.7. The number of ether oxygens (including phenoxy) is 1. The zero-order valence-corrected chi connectivity index (χ0v) is 27.6. The van der Waals surface area contributed by atoms with Crippen molar-refractivity contribution < 1.29 is 28.8 Å². The number of carbonyl (C=O) groups excluding carboxylic acids is 3. The number of likely N-dealkylation sites (tertiary alicyclic amines) is 1. The number of nitrogens with zero attached hydrogens (tertiary/aromatic N) is 3. The number of benzene rings is 1. The molecule has 1 aliphatic heterocycles. The normalized spacial score (nSPS) is 17.8. The van der Waals surface area contributed by atoms with Gasteiger partial charge < -0.3 is 29.4 Å². The molecule has 10 nitrogen and oxygen atoms in total. The molecule has 0 spiro atoms. The molecule has 0 saturated carbocycles. The van der Waals surface area contributed by atoms with Gasteiger partial charge in [-0.1, -0.05) is 63.8 Å². The van der Waals surface area contributed by atoms with Gasteiger partial charge in [0.15, 0.2) is 5.76 Å². The number of carbonyl (C=O) groups is 3. The van der Waals surface area contributed by atoms with E-state index in [-0.39, 0.29) is 36.7 Å². The van der Waals surface area contributed by atoms with Crippen LogP contribution in [-0.4, -0.2) is 63.5 Å². The third-order valence-electron chi connectivity index (χ3n) is 8.35. The van der Waals surface area contributed by atoms with Crippen molar-refractivity contribution in [2.24, 2.45) is 5.92 Å². The predicted octanol–water partition coefficient (Wildman–Crippen LogP) is 5.99. The monoisotopic (exact) mass is 638 g/mol. The predicted molar refractivity (Wildman–Crippen MR) is 173 cm³/mol. The number of thiazole rings is 1. The summed E-state index contributed by atoms with van der Waals surface area (Å²) >= 11 is 1.59. The number of rotatable bonds is 17. The third-order valence-corrected chi connectivity index (χ3v) is 9.33. The molecule has 2 amide bonds. The quantitative estimate of drug-likeness (QED) is 0.136. The van der Waals surface area contributed by atoms with Crippen LogP contribution in [0.4, 0.5) is 0 Å². The van der Waals surface area contributed by atoms with Crippen molar-refractivity contribution in [2.75, 3.05) is 13.2 Å². The summed E-state index contributed by atoms with van der Waals surface area (Å²) < 4.78 is 11.4. The molecule has 1 saturated heterocycles. The van der Waals surface area contributed by atoms with Crippen LogP contribution in [0.25, 0.3) is 10.4 Å². The Balaban J connectivity index is 1.33. The van der Waals surface area contributed by atoms with E-state index in [1.807, 2.05) is 57.5 Å². The lowest BCUT2D eigenvalue weighted by Gasteiger charge is -2.29. The number of hydrogen-bond donors (Lipinski definition) is 2. The van der Waals surface area contributed by atoms with Crippen molar-refractivity contribution >= 4 is 29.4 Å². The Morgan fingerprint density at radius 3 is 2.51 bits per heavy atom. The standard InChI is InChI=1S/C34H46N4O6S/c1-22(2)31(29-19-30(37-44-29)43-17-11-9-7-5-6-8-10-16-39)34(42)38-20-27(40)18-28(38)33(41)36-23(3)25-12-14-26(15-13-25)32-24(4)35-21-45-32/h12-16,19,21-23,27-28,31,40H,5-11,17-18,20H2,1-4H3,(H,36,41)/t23-,27+,28-,31?/m0/s1. The Morgan fingerprint density at radius 2 is 1.84 bits per heavy atom. The van der Waals surface area contributed by atoms with Crippen LogP contribution in [0.1, 0.15) is 101 Å². The number of amides is 2. The van der Waals surface area contributed by atoms with Gasteiger partial charge in [-0.25, -0.2) is 4.98 Å². The first kappa shape index (κ1) is 34.3. The van der Waals surface area contributed by atoms with Gasteiger partial charge in [-0.05, 0) is 48.9 Å². The van der Waals surface area contributed by atoms with E-state index >= 15 is 0 Å². The lowest BCUT2D eigenvalue weighted by atomic mass is 9.91. The first-order valence-corrected chi connectivity index (χ1v) is 16.9. The van der Waals surface area contributed by atoms with E-state index in [4.69, 9.17) is 9.26 Å². The van der Waals surface area contributed by atoms with Gasteiger partial charge in [0, 0.05) is 25.5 Å². The molecule has 244 valence electrons. The van der Waals surface area contributed by atoms with Gasteiger partial charge in [-0.15, -0.1) is 11.3 Å². The molecule has 2 N–H and O–H groups in total. The lowest BCUT2D eigenvalue weighted by Crippen LogP contribution is -2.48. The summed E-state index contributed by atoms with van der Waals surface area (Å²) in [6, 6.07) is 8.59. The summed E-state index contributed by atoms with van der Waals surface area (Å²) in [5.41, 5.74) is 4.83. The van der Waals surface area contributed by atoms with E-state index < -0.39 is 18.1 Å². The lowest BCUT2D eigenvalue weighted by molar-refractivity contribution is -0.141. The zero-order chi connectivity index (χ0) is 32.3. The number of aromatic nitrogens is 2. The van der Waals surface area contributed by atoms with Gasteiger partial charge in [0.25, 0.3) is 5.88 Å². The molecule has 0 bridgehead atoms. The molecule has 1 aromatic carbocycles. The van der Waals surface area contributed by atoms with E-state index in [1.54, 1.807) is 17.4 Å². The first-order chi connectivity index (χ1) is 21.7. The summed E-state index contributed by atoms with van der Waals surface area (Å²) in [6.07, 6.45) is 7.07. The molecular weight excluding hydrogens is 592 g/mol. The fraction of sp³-hybridized carbons (Fsp3) is 0.559. The maximum absolute atomic E-state index is 13.9. The number of aliphatic hydroxyl groups is 1. The van der Waals surface area contributed by atoms with Crippen LogP contribution >= 0.6 is 11.3 Å². The molecule has 0 radical (unpaired) electrons. The first-order valence-electron chi connectivity index (χ1n) is 16.0. The molecule has 4 atom stereocenters. The smallest absolute Gasteiger partial charge is 0.254 e. The minimum atomic E-state index is -0.799. The molecule has 1 fully saturated rings. The summed E-state index contributed by atoms with van der Waals surface area (Å²) in [6.45, 7) is 8.29.